The Hall–Kier alpha value is -2.71. The molecule has 5 rings (SSSR count). The molecule has 8 nitrogen and oxygen atoms in total. The van der Waals surface area contributed by atoms with Crippen LogP contribution in [0.4, 0.5) is 0 Å². The van der Waals surface area contributed by atoms with Crippen molar-refractivity contribution in [3.8, 4) is 0 Å². The Labute approximate surface area is 217 Å². The summed E-state index contributed by atoms with van der Waals surface area (Å²) >= 11 is 0. The minimum Gasteiger partial charge on any atom is -0.490 e. The molecule has 3 fully saturated rings. The molecule has 3 aliphatic heterocycles. The summed E-state index contributed by atoms with van der Waals surface area (Å²) in [6.45, 7) is 8.39. The third kappa shape index (κ3) is 4.28. The number of ether oxygens (including phenoxy) is 5. The summed E-state index contributed by atoms with van der Waals surface area (Å²) in [5.41, 5.74) is 0.286. The van der Waals surface area contributed by atoms with Crippen LogP contribution in [0.2, 0.25) is 0 Å². The number of Topliss-reactive ketones (excluding diaryl/α,β-unsaturated/α-hetero) is 1. The summed E-state index contributed by atoms with van der Waals surface area (Å²) in [6, 6.07) is 0. The van der Waals surface area contributed by atoms with Crippen molar-refractivity contribution in [2.24, 2.45) is 10.8 Å². The van der Waals surface area contributed by atoms with Gasteiger partial charge in [-0.2, -0.15) is 0 Å². The van der Waals surface area contributed by atoms with E-state index in [2.05, 4.69) is 19.9 Å². The molecular formula is C29H36O8. The van der Waals surface area contributed by atoms with Crippen LogP contribution in [0, 0.1) is 10.8 Å². The van der Waals surface area contributed by atoms with Gasteiger partial charge in [-0.05, 0) is 32.8 Å². The van der Waals surface area contributed by atoms with Crippen molar-refractivity contribution in [3.63, 3.8) is 0 Å². The summed E-state index contributed by atoms with van der Waals surface area (Å²) in [5, 5.41) is 0. The van der Waals surface area contributed by atoms with Crippen molar-refractivity contribution < 1.29 is 38.1 Å². The monoisotopic (exact) mass is 512 g/mol. The molecule has 8 heteroatoms. The average Bonchev–Trinajstić information content (AvgIpc) is 3.61. The van der Waals surface area contributed by atoms with Crippen molar-refractivity contribution >= 4 is 17.7 Å². The zero-order valence-electron chi connectivity index (χ0n) is 22.0. The maximum absolute atomic E-state index is 13.0. The van der Waals surface area contributed by atoms with E-state index in [-0.39, 0.29) is 49.4 Å². The van der Waals surface area contributed by atoms with Gasteiger partial charge in [-0.1, -0.05) is 36.3 Å². The maximum Gasteiger partial charge on any atom is 0.330 e. The highest BCUT2D eigenvalue weighted by Crippen LogP contribution is 2.72. The molecule has 2 bridgehead atoms. The Bertz CT molecular complexity index is 1110. The molecular weight excluding hydrogens is 476 g/mol. The van der Waals surface area contributed by atoms with Crippen LogP contribution < -0.4 is 0 Å². The molecule has 0 radical (unpaired) electrons. The molecule has 0 aromatic carbocycles. The van der Waals surface area contributed by atoms with Gasteiger partial charge < -0.3 is 23.7 Å². The summed E-state index contributed by atoms with van der Waals surface area (Å²) in [4.78, 5) is 37.8. The SMILES string of the molecule is CC(=O)/C1=C/C=C\CC(=O)O[C@@H]2C[C@H]3O[C@@H]4C=C(C)CC[C@]4(COC(=O)/C=C(\C)CCO1)[C@]2(C)[C@@]31CO1. The van der Waals surface area contributed by atoms with E-state index in [1.165, 1.54) is 18.6 Å². The van der Waals surface area contributed by atoms with Crippen LogP contribution in [-0.4, -0.2) is 61.5 Å². The van der Waals surface area contributed by atoms with Gasteiger partial charge >= 0.3 is 11.9 Å². The molecule has 37 heavy (non-hydrogen) atoms. The smallest absolute Gasteiger partial charge is 0.330 e. The van der Waals surface area contributed by atoms with Crippen molar-refractivity contribution in [1.29, 1.82) is 0 Å². The molecule has 2 spiro atoms. The van der Waals surface area contributed by atoms with E-state index >= 15 is 0 Å². The lowest BCUT2D eigenvalue weighted by molar-refractivity contribution is -0.232. The van der Waals surface area contributed by atoms with Crippen molar-refractivity contribution in [1.82, 2.24) is 0 Å². The highest BCUT2D eigenvalue weighted by Gasteiger charge is 2.83. The lowest BCUT2D eigenvalue weighted by atomic mass is 9.51. The summed E-state index contributed by atoms with van der Waals surface area (Å²) < 4.78 is 30.4. The Morgan fingerprint density at radius 2 is 1.84 bits per heavy atom. The van der Waals surface area contributed by atoms with Crippen LogP contribution in [0.5, 0.6) is 0 Å². The molecule has 6 atom stereocenters. The Morgan fingerprint density at radius 3 is 2.57 bits per heavy atom. The second-order valence-corrected chi connectivity index (χ2v) is 11.2. The lowest BCUT2D eigenvalue weighted by Crippen LogP contribution is -2.66. The molecule has 2 aliphatic carbocycles. The summed E-state index contributed by atoms with van der Waals surface area (Å²) in [6.07, 6.45) is 10.2. The molecule has 1 saturated carbocycles. The van der Waals surface area contributed by atoms with E-state index in [1.807, 2.05) is 6.92 Å². The van der Waals surface area contributed by atoms with Gasteiger partial charge in [0.1, 0.15) is 18.3 Å². The van der Waals surface area contributed by atoms with Gasteiger partial charge in [0.05, 0.1) is 37.3 Å². The van der Waals surface area contributed by atoms with Gasteiger partial charge in [0.25, 0.3) is 0 Å². The van der Waals surface area contributed by atoms with Crippen molar-refractivity contribution in [3.05, 3.63) is 47.3 Å². The highest BCUT2D eigenvalue weighted by atomic mass is 16.6. The fourth-order valence-electron chi connectivity index (χ4n) is 6.76. The number of esters is 2. The maximum atomic E-state index is 13.0. The van der Waals surface area contributed by atoms with Gasteiger partial charge in [0.15, 0.2) is 11.5 Å². The molecule has 0 N–H and O–H groups in total. The van der Waals surface area contributed by atoms with Gasteiger partial charge in [-0.25, -0.2) is 4.79 Å². The predicted molar refractivity (Wildman–Crippen MR) is 133 cm³/mol. The molecule has 0 aromatic heterocycles. The Balaban J connectivity index is 1.51. The first-order valence-corrected chi connectivity index (χ1v) is 13.1. The number of carbonyl (C=O) groups excluding carboxylic acids is 3. The topological polar surface area (TPSA) is 101 Å². The zero-order valence-corrected chi connectivity index (χ0v) is 22.0. The molecule has 0 aromatic rings. The van der Waals surface area contributed by atoms with Gasteiger partial charge in [-0.15, -0.1) is 0 Å². The van der Waals surface area contributed by atoms with Gasteiger partial charge in [0.2, 0.25) is 0 Å². The van der Waals surface area contributed by atoms with E-state index < -0.39 is 28.5 Å². The van der Waals surface area contributed by atoms with E-state index in [1.54, 1.807) is 18.2 Å². The van der Waals surface area contributed by atoms with Crippen LogP contribution in [0.1, 0.15) is 59.8 Å². The second kappa shape index (κ2) is 9.55. The number of epoxide rings is 1. The van der Waals surface area contributed by atoms with E-state index in [0.29, 0.717) is 19.4 Å². The largest absolute Gasteiger partial charge is 0.490 e. The average molecular weight is 513 g/mol. The first kappa shape index (κ1) is 25.9. The van der Waals surface area contributed by atoms with Crippen LogP contribution in [0.25, 0.3) is 0 Å². The predicted octanol–water partition coefficient (Wildman–Crippen LogP) is 3.90. The fourth-order valence-corrected chi connectivity index (χ4v) is 6.76. The third-order valence-electron chi connectivity index (χ3n) is 9.10. The first-order chi connectivity index (χ1) is 17.6. The number of allylic oxidation sites excluding steroid dienone is 4. The molecule has 0 amide bonds. The number of carbonyl (C=O) groups is 3. The minimum atomic E-state index is -0.595. The van der Waals surface area contributed by atoms with E-state index in [4.69, 9.17) is 23.7 Å². The number of rotatable bonds is 1. The molecule has 5 aliphatic rings. The normalized spacial score (nSPS) is 43.8. The van der Waals surface area contributed by atoms with Crippen molar-refractivity contribution in [2.75, 3.05) is 19.8 Å². The molecule has 3 heterocycles. The fraction of sp³-hybridized carbons (Fsp3) is 0.621. The van der Waals surface area contributed by atoms with Crippen LogP contribution in [-0.2, 0) is 38.1 Å². The second-order valence-electron chi connectivity index (χ2n) is 11.2. The molecule has 0 unspecified atom stereocenters. The van der Waals surface area contributed by atoms with E-state index in [0.717, 1.165) is 18.4 Å². The van der Waals surface area contributed by atoms with Gasteiger partial charge in [-0.3, -0.25) is 9.59 Å². The lowest BCUT2D eigenvalue weighted by Gasteiger charge is -2.58. The van der Waals surface area contributed by atoms with Crippen LogP contribution in [0.15, 0.2) is 47.3 Å². The van der Waals surface area contributed by atoms with Crippen LogP contribution >= 0.6 is 0 Å². The summed E-state index contributed by atoms with van der Waals surface area (Å²) in [7, 11) is 0. The number of hydrogen-bond donors (Lipinski definition) is 0. The molecule has 2 saturated heterocycles. The Kier molecular flexibility index (Phi) is 6.69. The van der Waals surface area contributed by atoms with E-state index in [9.17, 15) is 14.4 Å². The quantitative estimate of drug-likeness (QED) is 0.296. The number of ketones is 1. The standard InChI is InChI=1S/C29H36O8/c1-18-9-11-28-16-34-26(32)14-19(2)10-12-33-21(20(3)30)7-5-6-8-25(31)37-22-15-24(36-23(28)13-18)29(17-35-29)27(22,28)4/h5-7,13-14,22-24H,8-12,15-17H2,1-4H3/b6-5-,19-14+,21-7-/t22-,23-,24-,27-,28-,29-/m1/s1. The number of hydrogen-bond acceptors (Lipinski definition) is 8. The zero-order chi connectivity index (χ0) is 26.4. The van der Waals surface area contributed by atoms with Gasteiger partial charge in [0, 0.05) is 31.3 Å². The highest BCUT2D eigenvalue weighted by molar-refractivity contribution is 5.91. The minimum absolute atomic E-state index is 0.0555. The van der Waals surface area contributed by atoms with Crippen molar-refractivity contribution in [2.45, 2.75) is 83.7 Å². The Morgan fingerprint density at radius 1 is 1.05 bits per heavy atom. The third-order valence-corrected chi connectivity index (χ3v) is 9.10. The number of cyclic esters (lactones) is 1. The van der Waals surface area contributed by atoms with Crippen LogP contribution in [0.3, 0.4) is 0 Å². The molecule has 200 valence electrons. The first-order valence-electron chi connectivity index (χ1n) is 13.1. The summed E-state index contributed by atoms with van der Waals surface area (Å²) in [5.74, 6) is -0.835.